The minimum absolute atomic E-state index is 0.236. The molecule has 0 aliphatic heterocycles. The summed E-state index contributed by atoms with van der Waals surface area (Å²) in [6, 6.07) is 7.74. The molecule has 1 atom stereocenters. The SMILES string of the molecule is C=CCC(S)c1ccc(Cl)cc1. The van der Waals surface area contributed by atoms with Crippen LogP contribution in [0.5, 0.6) is 0 Å². The summed E-state index contributed by atoms with van der Waals surface area (Å²) < 4.78 is 0. The highest BCUT2D eigenvalue weighted by Crippen LogP contribution is 2.24. The second kappa shape index (κ2) is 4.58. The Morgan fingerprint density at radius 3 is 2.50 bits per heavy atom. The fraction of sp³-hybridized carbons (Fsp3) is 0.200. The van der Waals surface area contributed by atoms with Crippen LogP contribution in [-0.2, 0) is 0 Å². The predicted molar refractivity (Wildman–Crippen MR) is 58.0 cm³/mol. The molecule has 0 aliphatic carbocycles. The number of benzene rings is 1. The number of hydrogen-bond donors (Lipinski definition) is 1. The van der Waals surface area contributed by atoms with Gasteiger partial charge in [-0.05, 0) is 24.1 Å². The van der Waals surface area contributed by atoms with Crippen LogP contribution in [0.3, 0.4) is 0 Å². The van der Waals surface area contributed by atoms with Crippen molar-refractivity contribution in [1.29, 1.82) is 0 Å². The summed E-state index contributed by atoms with van der Waals surface area (Å²) in [6.45, 7) is 3.67. The quantitative estimate of drug-likeness (QED) is 0.553. The normalized spacial score (nSPS) is 12.5. The maximum Gasteiger partial charge on any atom is 0.0406 e. The molecule has 0 nitrogen and oxygen atoms in total. The van der Waals surface area contributed by atoms with E-state index in [9.17, 15) is 0 Å². The van der Waals surface area contributed by atoms with Crippen molar-refractivity contribution < 1.29 is 0 Å². The minimum Gasteiger partial charge on any atom is -0.171 e. The lowest BCUT2D eigenvalue weighted by molar-refractivity contribution is 0.981. The summed E-state index contributed by atoms with van der Waals surface area (Å²) in [5.41, 5.74) is 1.18. The van der Waals surface area contributed by atoms with Gasteiger partial charge in [0, 0.05) is 10.3 Å². The molecular formula is C10H11ClS. The smallest absolute Gasteiger partial charge is 0.0406 e. The van der Waals surface area contributed by atoms with Gasteiger partial charge in [-0.2, -0.15) is 12.6 Å². The summed E-state index contributed by atoms with van der Waals surface area (Å²) in [5, 5.41) is 0.998. The summed E-state index contributed by atoms with van der Waals surface area (Å²) in [5.74, 6) is 0. The second-order valence-corrected chi connectivity index (χ2v) is 3.65. The van der Waals surface area contributed by atoms with Crippen molar-refractivity contribution in [2.75, 3.05) is 0 Å². The molecule has 0 saturated heterocycles. The molecule has 12 heavy (non-hydrogen) atoms. The van der Waals surface area contributed by atoms with Gasteiger partial charge in [-0.3, -0.25) is 0 Å². The Labute approximate surface area is 83.7 Å². The molecule has 0 aliphatic rings. The van der Waals surface area contributed by atoms with Crippen LogP contribution in [0, 0.1) is 0 Å². The minimum atomic E-state index is 0.236. The van der Waals surface area contributed by atoms with E-state index in [1.807, 2.05) is 30.3 Å². The van der Waals surface area contributed by atoms with Crippen molar-refractivity contribution in [2.45, 2.75) is 11.7 Å². The second-order valence-electron chi connectivity index (χ2n) is 2.59. The lowest BCUT2D eigenvalue weighted by Gasteiger charge is -2.07. The zero-order valence-electron chi connectivity index (χ0n) is 6.70. The topological polar surface area (TPSA) is 0 Å². The van der Waals surface area contributed by atoms with E-state index >= 15 is 0 Å². The number of allylic oxidation sites excluding steroid dienone is 1. The van der Waals surface area contributed by atoms with Crippen LogP contribution < -0.4 is 0 Å². The molecule has 1 aromatic rings. The third-order valence-corrected chi connectivity index (χ3v) is 2.41. The zero-order valence-corrected chi connectivity index (χ0v) is 8.35. The highest BCUT2D eigenvalue weighted by atomic mass is 35.5. The van der Waals surface area contributed by atoms with Gasteiger partial charge in [0.05, 0.1) is 0 Å². The van der Waals surface area contributed by atoms with Crippen molar-refractivity contribution in [3.63, 3.8) is 0 Å². The average Bonchev–Trinajstić information content (AvgIpc) is 2.06. The molecule has 1 unspecified atom stereocenters. The Morgan fingerprint density at radius 1 is 1.42 bits per heavy atom. The van der Waals surface area contributed by atoms with Crippen LogP contribution in [0.1, 0.15) is 17.2 Å². The fourth-order valence-electron chi connectivity index (χ4n) is 0.979. The Kier molecular flexibility index (Phi) is 3.70. The van der Waals surface area contributed by atoms with Crippen LogP contribution in [-0.4, -0.2) is 0 Å². The molecule has 0 amide bonds. The van der Waals surface area contributed by atoms with Crippen molar-refractivity contribution in [3.05, 3.63) is 47.5 Å². The Bertz CT molecular complexity index is 253. The van der Waals surface area contributed by atoms with Gasteiger partial charge in [-0.1, -0.05) is 29.8 Å². The zero-order chi connectivity index (χ0) is 8.97. The molecule has 0 heterocycles. The first-order chi connectivity index (χ1) is 5.74. The molecule has 2 heteroatoms. The molecule has 1 aromatic carbocycles. The van der Waals surface area contributed by atoms with Crippen LogP contribution >= 0.6 is 24.2 Å². The largest absolute Gasteiger partial charge is 0.171 e. The Balaban J connectivity index is 2.74. The first-order valence-electron chi connectivity index (χ1n) is 3.78. The lowest BCUT2D eigenvalue weighted by Crippen LogP contribution is -1.87. The van der Waals surface area contributed by atoms with Gasteiger partial charge in [-0.15, -0.1) is 6.58 Å². The molecule has 1 rings (SSSR count). The predicted octanol–water partition coefficient (Wildman–Crippen LogP) is 3.89. The maximum atomic E-state index is 5.75. The lowest BCUT2D eigenvalue weighted by atomic mass is 10.1. The third kappa shape index (κ3) is 2.58. The van der Waals surface area contributed by atoms with Crippen molar-refractivity contribution in [2.24, 2.45) is 0 Å². The highest BCUT2D eigenvalue weighted by molar-refractivity contribution is 7.80. The molecule has 0 spiro atoms. The van der Waals surface area contributed by atoms with E-state index in [0.717, 1.165) is 11.4 Å². The molecule has 0 bridgehead atoms. The summed E-state index contributed by atoms with van der Waals surface area (Å²) >= 11 is 10.2. The molecule has 0 radical (unpaired) electrons. The fourth-order valence-corrected chi connectivity index (χ4v) is 1.43. The van der Waals surface area contributed by atoms with Crippen LogP contribution in [0.15, 0.2) is 36.9 Å². The van der Waals surface area contributed by atoms with E-state index in [2.05, 4.69) is 19.2 Å². The Morgan fingerprint density at radius 2 is 2.00 bits per heavy atom. The van der Waals surface area contributed by atoms with Crippen molar-refractivity contribution in [3.8, 4) is 0 Å². The van der Waals surface area contributed by atoms with Gasteiger partial charge in [0.1, 0.15) is 0 Å². The average molecular weight is 199 g/mol. The van der Waals surface area contributed by atoms with Crippen LogP contribution in [0.2, 0.25) is 5.02 Å². The van der Waals surface area contributed by atoms with Gasteiger partial charge >= 0.3 is 0 Å². The standard InChI is InChI=1S/C10H11ClS/c1-2-3-10(12)8-4-6-9(11)7-5-8/h2,4-7,10,12H,1,3H2. The van der Waals surface area contributed by atoms with Crippen LogP contribution in [0.25, 0.3) is 0 Å². The van der Waals surface area contributed by atoms with Crippen molar-refractivity contribution >= 4 is 24.2 Å². The molecule has 0 fully saturated rings. The number of rotatable bonds is 3. The van der Waals surface area contributed by atoms with E-state index in [1.54, 1.807) is 0 Å². The number of thiol groups is 1. The Hall–Kier alpha value is -0.400. The first kappa shape index (κ1) is 9.69. The molecule has 0 saturated carbocycles. The van der Waals surface area contributed by atoms with Gasteiger partial charge in [0.25, 0.3) is 0 Å². The van der Waals surface area contributed by atoms with Gasteiger partial charge in [0.15, 0.2) is 0 Å². The summed E-state index contributed by atoms with van der Waals surface area (Å²) in [7, 11) is 0. The van der Waals surface area contributed by atoms with E-state index in [0.29, 0.717) is 0 Å². The summed E-state index contributed by atoms with van der Waals surface area (Å²) in [6.07, 6.45) is 2.75. The maximum absolute atomic E-state index is 5.75. The number of halogens is 1. The molecule has 0 aromatic heterocycles. The van der Waals surface area contributed by atoms with E-state index < -0.39 is 0 Å². The number of hydrogen-bond acceptors (Lipinski definition) is 1. The van der Waals surface area contributed by atoms with E-state index in [-0.39, 0.29) is 5.25 Å². The van der Waals surface area contributed by atoms with E-state index in [1.165, 1.54) is 5.56 Å². The highest BCUT2D eigenvalue weighted by Gasteiger charge is 2.02. The van der Waals surface area contributed by atoms with E-state index in [4.69, 9.17) is 11.6 Å². The van der Waals surface area contributed by atoms with Gasteiger partial charge in [0.2, 0.25) is 0 Å². The van der Waals surface area contributed by atoms with Crippen molar-refractivity contribution in [1.82, 2.24) is 0 Å². The summed E-state index contributed by atoms with van der Waals surface area (Å²) in [4.78, 5) is 0. The third-order valence-electron chi connectivity index (χ3n) is 1.64. The monoisotopic (exact) mass is 198 g/mol. The molecule has 0 N–H and O–H groups in total. The van der Waals surface area contributed by atoms with Gasteiger partial charge < -0.3 is 0 Å². The van der Waals surface area contributed by atoms with Gasteiger partial charge in [-0.25, -0.2) is 0 Å². The molecular weight excluding hydrogens is 188 g/mol. The first-order valence-corrected chi connectivity index (χ1v) is 4.68. The molecule has 64 valence electrons. The van der Waals surface area contributed by atoms with Crippen LogP contribution in [0.4, 0.5) is 0 Å².